The lowest BCUT2D eigenvalue weighted by Crippen LogP contribution is -2.12. The van der Waals surface area contributed by atoms with Crippen molar-refractivity contribution in [3.05, 3.63) is 64.6 Å². The summed E-state index contributed by atoms with van der Waals surface area (Å²) < 4.78 is 5.69. The van der Waals surface area contributed by atoms with Crippen LogP contribution >= 0.6 is 22.9 Å². The molecule has 0 aliphatic rings. The van der Waals surface area contributed by atoms with Gasteiger partial charge in [0.05, 0.1) is 6.61 Å². The van der Waals surface area contributed by atoms with Crippen LogP contribution in [-0.2, 0) is 0 Å². The fourth-order valence-corrected chi connectivity index (χ4v) is 3.23. The second-order valence-corrected chi connectivity index (χ2v) is 7.53. The standard InChI is InChI=1S/C20H19ClN2O2S/c1-13(2)11-25-17-8-6-14(7-9-17)20-23-18(12-26-20)19(24)22-16-5-3-4-15(21)10-16/h3-10,12-13H,11H2,1-2H3,(H,22,24). The molecular weight excluding hydrogens is 368 g/mol. The van der Waals surface area contributed by atoms with Crippen LogP contribution in [0.15, 0.2) is 53.9 Å². The summed E-state index contributed by atoms with van der Waals surface area (Å²) in [5.74, 6) is 1.05. The first-order valence-corrected chi connectivity index (χ1v) is 9.52. The average molecular weight is 387 g/mol. The summed E-state index contributed by atoms with van der Waals surface area (Å²) in [6.45, 7) is 4.91. The molecule has 0 bridgehead atoms. The van der Waals surface area contributed by atoms with Gasteiger partial charge in [-0.2, -0.15) is 0 Å². The van der Waals surface area contributed by atoms with Crippen LogP contribution in [0.1, 0.15) is 24.3 Å². The van der Waals surface area contributed by atoms with Gasteiger partial charge < -0.3 is 10.1 Å². The molecule has 26 heavy (non-hydrogen) atoms. The minimum Gasteiger partial charge on any atom is -0.493 e. The van der Waals surface area contributed by atoms with Gasteiger partial charge in [0, 0.05) is 21.7 Å². The Kier molecular flexibility index (Phi) is 5.91. The van der Waals surface area contributed by atoms with Gasteiger partial charge in [-0.1, -0.05) is 31.5 Å². The fourth-order valence-electron chi connectivity index (χ4n) is 2.23. The highest BCUT2D eigenvalue weighted by Crippen LogP contribution is 2.26. The van der Waals surface area contributed by atoms with Gasteiger partial charge in [0.15, 0.2) is 0 Å². The maximum Gasteiger partial charge on any atom is 0.275 e. The molecule has 6 heteroatoms. The maximum absolute atomic E-state index is 12.3. The number of ether oxygens (including phenoxy) is 1. The highest BCUT2D eigenvalue weighted by atomic mass is 35.5. The van der Waals surface area contributed by atoms with E-state index in [4.69, 9.17) is 16.3 Å². The molecule has 1 heterocycles. The number of carbonyl (C=O) groups excluding carboxylic acids is 1. The lowest BCUT2D eigenvalue weighted by atomic mass is 10.2. The van der Waals surface area contributed by atoms with Crippen molar-refractivity contribution in [2.24, 2.45) is 5.92 Å². The highest BCUT2D eigenvalue weighted by molar-refractivity contribution is 7.13. The first-order valence-electron chi connectivity index (χ1n) is 8.27. The van der Waals surface area contributed by atoms with E-state index in [1.807, 2.05) is 24.3 Å². The van der Waals surface area contributed by atoms with Crippen molar-refractivity contribution in [3.63, 3.8) is 0 Å². The molecule has 0 saturated heterocycles. The molecule has 134 valence electrons. The third-order valence-corrected chi connectivity index (χ3v) is 4.63. The molecule has 0 spiro atoms. The highest BCUT2D eigenvalue weighted by Gasteiger charge is 2.12. The Morgan fingerprint density at radius 1 is 1.23 bits per heavy atom. The maximum atomic E-state index is 12.3. The Morgan fingerprint density at radius 3 is 2.69 bits per heavy atom. The smallest absolute Gasteiger partial charge is 0.275 e. The van der Waals surface area contributed by atoms with Gasteiger partial charge in [0.25, 0.3) is 5.91 Å². The molecule has 0 atom stereocenters. The van der Waals surface area contributed by atoms with Crippen molar-refractivity contribution in [1.29, 1.82) is 0 Å². The van der Waals surface area contributed by atoms with E-state index in [9.17, 15) is 4.79 Å². The number of hydrogen-bond donors (Lipinski definition) is 1. The van der Waals surface area contributed by atoms with Gasteiger partial charge in [0.1, 0.15) is 16.5 Å². The third-order valence-electron chi connectivity index (χ3n) is 3.50. The Morgan fingerprint density at radius 2 is 2.00 bits per heavy atom. The van der Waals surface area contributed by atoms with Crippen molar-refractivity contribution < 1.29 is 9.53 Å². The van der Waals surface area contributed by atoms with E-state index in [0.717, 1.165) is 16.3 Å². The molecule has 1 aromatic heterocycles. The van der Waals surface area contributed by atoms with Crippen LogP contribution < -0.4 is 10.1 Å². The molecule has 0 saturated carbocycles. The predicted octanol–water partition coefficient (Wildman–Crippen LogP) is 5.75. The van der Waals surface area contributed by atoms with Gasteiger partial charge in [-0.3, -0.25) is 4.79 Å². The quantitative estimate of drug-likeness (QED) is 0.586. The van der Waals surface area contributed by atoms with Crippen LogP contribution in [-0.4, -0.2) is 17.5 Å². The van der Waals surface area contributed by atoms with Crippen LogP contribution in [0.3, 0.4) is 0 Å². The molecule has 3 aromatic rings. The minimum absolute atomic E-state index is 0.258. The SMILES string of the molecule is CC(C)COc1ccc(-c2nc(C(=O)Nc3cccc(Cl)c3)cs2)cc1. The van der Waals surface area contributed by atoms with E-state index in [1.165, 1.54) is 11.3 Å². The van der Waals surface area contributed by atoms with Crippen molar-refractivity contribution in [1.82, 2.24) is 4.98 Å². The van der Waals surface area contributed by atoms with Crippen molar-refractivity contribution in [3.8, 4) is 16.3 Å². The lowest BCUT2D eigenvalue weighted by Gasteiger charge is -2.08. The molecule has 0 aliphatic heterocycles. The van der Waals surface area contributed by atoms with Gasteiger partial charge in [-0.05, 0) is 48.4 Å². The number of nitrogens with one attached hydrogen (secondary N) is 1. The number of thiazole rings is 1. The van der Waals surface area contributed by atoms with Crippen LogP contribution in [0.4, 0.5) is 5.69 Å². The zero-order valence-electron chi connectivity index (χ0n) is 14.5. The van der Waals surface area contributed by atoms with Crippen molar-refractivity contribution in [2.45, 2.75) is 13.8 Å². The predicted molar refractivity (Wildman–Crippen MR) is 107 cm³/mol. The first-order chi connectivity index (χ1) is 12.5. The molecule has 0 fully saturated rings. The number of hydrogen-bond acceptors (Lipinski definition) is 4. The normalized spacial score (nSPS) is 10.8. The van der Waals surface area contributed by atoms with Gasteiger partial charge in [-0.15, -0.1) is 11.3 Å². The molecule has 3 rings (SSSR count). The number of benzene rings is 2. The summed E-state index contributed by atoms with van der Waals surface area (Å²) in [4.78, 5) is 16.8. The van der Waals surface area contributed by atoms with Crippen LogP contribution in [0.5, 0.6) is 5.75 Å². The van der Waals surface area contributed by atoms with E-state index in [1.54, 1.807) is 29.6 Å². The topological polar surface area (TPSA) is 51.2 Å². The van der Waals surface area contributed by atoms with E-state index in [2.05, 4.69) is 24.1 Å². The Hall–Kier alpha value is -2.37. The lowest BCUT2D eigenvalue weighted by molar-refractivity contribution is 0.102. The summed E-state index contributed by atoms with van der Waals surface area (Å²) >= 11 is 7.37. The Bertz CT molecular complexity index is 891. The number of carbonyl (C=O) groups is 1. The number of aromatic nitrogens is 1. The molecule has 0 aliphatic carbocycles. The van der Waals surface area contributed by atoms with E-state index >= 15 is 0 Å². The minimum atomic E-state index is -0.258. The summed E-state index contributed by atoms with van der Waals surface area (Å²) in [7, 11) is 0. The van der Waals surface area contributed by atoms with Gasteiger partial charge in [0.2, 0.25) is 0 Å². The Balaban J connectivity index is 1.68. The fraction of sp³-hybridized carbons (Fsp3) is 0.200. The average Bonchev–Trinajstić information content (AvgIpc) is 3.11. The first kappa shape index (κ1) is 18.4. The number of rotatable bonds is 6. The molecule has 0 unspecified atom stereocenters. The third kappa shape index (κ3) is 4.84. The van der Waals surface area contributed by atoms with Gasteiger partial charge in [-0.25, -0.2) is 4.98 Å². The zero-order valence-corrected chi connectivity index (χ0v) is 16.1. The van der Waals surface area contributed by atoms with Gasteiger partial charge >= 0.3 is 0 Å². The summed E-state index contributed by atoms with van der Waals surface area (Å²) in [5, 5.41) is 5.91. The number of amides is 1. The number of nitrogens with zero attached hydrogens (tertiary/aromatic N) is 1. The molecule has 4 nitrogen and oxygen atoms in total. The molecule has 2 aromatic carbocycles. The number of anilines is 1. The van der Waals surface area contributed by atoms with Crippen LogP contribution in [0.2, 0.25) is 5.02 Å². The second kappa shape index (κ2) is 8.34. The Labute approximate surface area is 161 Å². The van der Waals surface area contributed by atoms with Crippen LogP contribution in [0.25, 0.3) is 10.6 Å². The zero-order chi connectivity index (χ0) is 18.5. The molecule has 0 radical (unpaired) electrons. The molecular formula is C20H19ClN2O2S. The molecule has 1 amide bonds. The van der Waals surface area contributed by atoms with E-state index in [-0.39, 0.29) is 5.91 Å². The number of halogens is 1. The largest absolute Gasteiger partial charge is 0.493 e. The van der Waals surface area contributed by atoms with E-state index < -0.39 is 0 Å². The van der Waals surface area contributed by atoms with Crippen molar-refractivity contribution in [2.75, 3.05) is 11.9 Å². The second-order valence-electron chi connectivity index (χ2n) is 6.23. The summed E-state index contributed by atoms with van der Waals surface area (Å²) in [6.07, 6.45) is 0. The van der Waals surface area contributed by atoms with E-state index in [0.29, 0.717) is 28.9 Å². The van der Waals surface area contributed by atoms with Crippen LogP contribution in [0, 0.1) is 5.92 Å². The van der Waals surface area contributed by atoms with Crippen molar-refractivity contribution >= 4 is 34.5 Å². The molecule has 1 N–H and O–H groups in total. The summed E-state index contributed by atoms with van der Waals surface area (Å²) in [6, 6.07) is 14.8. The summed E-state index contributed by atoms with van der Waals surface area (Å²) in [5.41, 5.74) is 1.97. The monoisotopic (exact) mass is 386 g/mol.